The van der Waals surface area contributed by atoms with Crippen molar-refractivity contribution in [2.75, 3.05) is 26.2 Å². The SMILES string of the molecule is O=C(C1CC(c2cc(F)ccc2F)=NO1)N1CCN(Cc2ccco2)CC1. The minimum Gasteiger partial charge on any atom is -0.468 e. The van der Waals surface area contributed by atoms with Gasteiger partial charge >= 0.3 is 0 Å². The Balaban J connectivity index is 1.32. The van der Waals surface area contributed by atoms with Crippen LogP contribution in [0, 0.1) is 11.6 Å². The Labute approximate surface area is 155 Å². The lowest BCUT2D eigenvalue weighted by Gasteiger charge is -2.35. The molecule has 1 fully saturated rings. The monoisotopic (exact) mass is 375 g/mol. The first-order valence-corrected chi connectivity index (χ1v) is 8.82. The number of carbonyl (C=O) groups excluding carboxylic acids is 1. The Hall–Kier alpha value is -2.74. The lowest BCUT2D eigenvalue weighted by molar-refractivity contribution is -0.143. The van der Waals surface area contributed by atoms with Gasteiger partial charge in [0.15, 0.2) is 0 Å². The molecule has 2 aliphatic rings. The van der Waals surface area contributed by atoms with E-state index in [9.17, 15) is 13.6 Å². The van der Waals surface area contributed by atoms with Crippen LogP contribution in [-0.4, -0.2) is 53.7 Å². The van der Waals surface area contributed by atoms with Crippen molar-refractivity contribution in [1.82, 2.24) is 9.80 Å². The zero-order chi connectivity index (χ0) is 18.8. The number of halogens is 2. The third-order valence-electron chi connectivity index (χ3n) is 4.83. The highest BCUT2D eigenvalue weighted by atomic mass is 19.1. The van der Waals surface area contributed by atoms with Crippen molar-refractivity contribution >= 4 is 11.6 Å². The molecule has 0 N–H and O–H groups in total. The van der Waals surface area contributed by atoms with Gasteiger partial charge in [-0.1, -0.05) is 5.16 Å². The number of nitrogens with zero attached hydrogens (tertiary/aromatic N) is 3. The van der Waals surface area contributed by atoms with Gasteiger partial charge in [-0.05, 0) is 30.3 Å². The summed E-state index contributed by atoms with van der Waals surface area (Å²) in [4.78, 5) is 21.8. The summed E-state index contributed by atoms with van der Waals surface area (Å²) in [5, 5.41) is 3.81. The molecule has 2 aromatic rings. The molecule has 1 aromatic heterocycles. The fourth-order valence-corrected chi connectivity index (χ4v) is 3.34. The summed E-state index contributed by atoms with van der Waals surface area (Å²) in [6, 6.07) is 6.93. The van der Waals surface area contributed by atoms with E-state index in [1.165, 1.54) is 0 Å². The van der Waals surface area contributed by atoms with Crippen molar-refractivity contribution in [3.63, 3.8) is 0 Å². The van der Waals surface area contributed by atoms with Crippen molar-refractivity contribution in [2.24, 2.45) is 5.16 Å². The van der Waals surface area contributed by atoms with Gasteiger partial charge in [-0.15, -0.1) is 0 Å². The van der Waals surface area contributed by atoms with Crippen molar-refractivity contribution < 1.29 is 22.8 Å². The van der Waals surface area contributed by atoms with Gasteiger partial charge in [0.05, 0.1) is 18.5 Å². The Morgan fingerprint density at radius 1 is 1.19 bits per heavy atom. The molecule has 1 amide bonds. The van der Waals surface area contributed by atoms with Gasteiger partial charge in [0.2, 0.25) is 6.10 Å². The van der Waals surface area contributed by atoms with Crippen LogP contribution < -0.4 is 0 Å². The van der Waals surface area contributed by atoms with E-state index in [-0.39, 0.29) is 23.6 Å². The second-order valence-corrected chi connectivity index (χ2v) is 6.64. The van der Waals surface area contributed by atoms with Crippen LogP contribution in [0.3, 0.4) is 0 Å². The van der Waals surface area contributed by atoms with Crippen molar-refractivity contribution in [3.05, 3.63) is 59.6 Å². The molecule has 8 heteroatoms. The number of benzene rings is 1. The third kappa shape index (κ3) is 3.85. The highest BCUT2D eigenvalue weighted by Crippen LogP contribution is 2.22. The van der Waals surface area contributed by atoms with Crippen molar-refractivity contribution in [2.45, 2.75) is 19.1 Å². The molecule has 4 rings (SSSR count). The van der Waals surface area contributed by atoms with Crippen LogP contribution in [0.4, 0.5) is 8.78 Å². The summed E-state index contributed by atoms with van der Waals surface area (Å²) in [6.07, 6.45) is 0.983. The predicted molar refractivity (Wildman–Crippen MR) is 93.0 cm³/mol. The number of piperazine rings is 1. The zero-order valence-electron chi connectivity index (χ0n) is 14.6. The summed E-state index contributed by atoms with van der Waals surface area (Å²) in [6.45, 7) is 3.31. The van der Waals surface area contributed by atoms with Crippen LogP contribution in [-0.2, 0) is 16.2 Å². The Morgan fingerprint density at radius 3 is 2.74 bits per heavy atom. The Bertz CT molecular complexity index is 846. The number of rotatable bonds is 4. The maximum atomic E-state index is 13.9. The molecule has 1 aromatic carbocycles. The molecule has 27 heavy (non-hydrogen) atoms. The minimum absolute atomic E-state index is 0.0357. The first-order chi connectivity index (χ1) is 13.1. The molecule has 1 saturated heterocycles. The summed E-state index contributed by atoms with van der Waals surface area (Å²) in [7, 11) is 0. The highest BCUT2D eigenvalue weighted by molar-refractivity contribution is 6.04. The molecule has 3 heterocycles. The number of furan rings is 1. The summed E-state index contributed by atoms with van der Waals surface area (Å²) < 4.78 is 32.6. The molecule has 0 bridgehead atoms. The molecule has 2 aliphatic heterocycles. The van der Waals surface area contributed by atoms with Gasteiger partial charge in [-0.25, -0.2) is 8.78 Å². The Morgan fingerprint density at radius 2 is 2.00 bits per heavy atom. The number of carbonyl (C=O) groups is 1. The maximum absolute atomic E-state index is 13.9. The number of oxime groups is 1. The second-order valence-electron chi connectivity index (χ2n) is 6.64. The van der Waals surface area contributed by atoms with E-state index in [4.69, 9.17) is 9.25 Å². The molecule has 0 spiro atoms. The van der Waals surface area contributed by atoms with Crippen LogP contribution in [0.2, 0.25) is 0 Å². The average Bonchev–Trinajstić information content (AvgIpc) is 3.36. The van der Waals surface area contributed by atoms with Gasteiger partial charge in [-0.2, -0.15) is 0 Å². The van der Waals surface area contributed by atoms with Crippen molar-refractivity contribution in [1.29, 1.82) is 0 Å². The fourth-order valence-electron chi connectivity index (χ4n) is 3.34. The quantitative estimate of drug-likeness (QED) is 0.824. The fraction of sp³-hybridized carbons (Fsp3) is 0.368. The van der Waals surface area contributed by atoms with Gasteiger partial charge in [0, 0.05) is 38.2 Å². The normalized spacial score (nSPS) is 20.4. The Kier molecular flexibility index (Phi) is 4.89. The molecule has 0 saturated carbocycles. The van der Waals surface area contributed by atoms with E-state index in [1.54, 1.807) is 11.2 Å². The molecule has 1 unspecified atom stereocenters. The largest absolute Gasteiger partial charge is 0.468 e. The molecular formula is C19H19F2N3O3. The van der Waals surface area contributed by atoms with Gasteiger partial charge in [0.1, 0.15) is 17.4 Å². The zero-order valence-corrected chi connectivity index (χ0v) is 14.6. The van der Waals surface area contributed by atoms with Gasteiger partial charge in [-0.3, -0.25) is 9.69 Å². The van der Waals surface area contributed by atoms with Crippen molar-refractivity contribution in [3.8, 4) is 0 Å². The van der Waals surface area contributed by atoms with E-state index in [1.807, 2.05) is 12.1 Å². The predicted octanol–water partition coefficient (Wildman–Crippen LogP) is 2.40. The van der Waals surface area contributed by atoms with Gasteiger partial charge < -0.3 is 14.2 Å². The summed E-state index contributed by atoms with van der Waals surface area (Å²) >= 11 is 0. The standard InChI is InChI=1S/C19H19F2N3O3/c20-13-3-4-16(21)15(10-13)17-11-18(27-22-17)19(25)24-7-5-23(6-8-24)12-14-2-1-9-26-14/h1-4,9-10,18H,5-8,11-12H2. The number of hydrogen-bond acceptors (Lipinski definition) is 5. The average molecular weight is 375 g/mol. The number of amides is 1. The maximum Gasteiger partial charge on any atom is 0.266 e. The van der Waals surface area contributed by atoms with Crippen LogP contribution in [0.1, 0.15) is 17.7 Å². The molecule has 0 radical (unpaired) electrons. The van der Waals surface area contributed by atoms with Crippen LogP contribution in [0.25, 0.3) is 0 Å². The summed E-state index contributed by atoms with van der Waals surface area (Å²) in [5.74, 6) is -0.429. The lowest BCUT2D eigenvalue weighted by Crippen LogP contribution is -2.51. The lowest BCUT2D eigenvalue weighted by atomic mass is 10.0. The van der Waals surface area contributed by atoms with E-state index >= 15 is 0 Å². The van der Waals surface area contributed by atoms with Gasteiger partial charge in [0.25, 0.3) is 5.91 Å². The number of hydrogen-bond donors (Lipinski definition) is 0. The van der Waals surface area contributed by atoms with Crippen LogP contribution in [0.5, 0.6) is 0 Å². The topological polar surface area (TPSA) is 58.3 Å². The van der Waals surface area contributed by atoms with Crippen LogP contribution in [0.15, 0.2) is 46.2 Å². The van der Waals surface area contributed by atoms with E-state index in [0.29, 0.717) is 19.6 Å². The molecule has 6 nitrogen and oxygen atoms in total. The van der Waals surface area contributed by atoms with E-state index < -0.39 is 17.7 Å². The highest BCUT2D eigenvalue weighted by Gasteiger charge is 2.34. The molecule has 0 aliphatic carbocycles. The molecule has 1 atom stereocenters. The molecule has 142 valence electrons. The minimum atomic E-state index is -0.792. The van der Waals surface area contributed by atoms with Crippen LogP contribution >= 0.6 is 0 Å². The second kappa shape index (κ2) is 7.48. The molecular weight excluding hydrogens is 356 g/mol. The van der Waals surface area contributed by atoms with E-state index in [2.05, 4.69) is 10.1 Å². The first-order valence-electron chi connectivity index (χ1n) is 8.82. The third-order valence-corrected chi connectivity index (χ3v) is 4.83. The van der Waals surface area contributed by atoms with E-state index in [0.717, 1.165) is 37.0 Å². The smallest absolute Gasteiger partial charge is 0.266 e. The summed E-state index contributed by atoms with van der Waals surface area (Å²) in [5.41, 5.74) is 0.287. The first kappa shape index (κ1) is 17.7.